The second-order valence-corrected chi connectivity index (χ2v) is 9.25. The average Bonchev–Trinajstić information content (AvgIpc) is 3.07. The van der Waals surface area contributed by atoms with Gasteiger partial charge in [-0.1, -0.05) is 76.2 Å². The van der Waals surface area contributed by atoms with Crippen molar-refractivity contribution in [2.75, 3.05) is 13.2 Å². The van der Waals surface area contributed by atoms with E-state index in [-0.39, 0.29) is 19.1 Å². The summed E-state index contributed by atoms with van der Waals surface area (Å²) in [5.74, 6) is -2.25. The van der Waals surface area contributed by atoms with Gasteiger partial charge in [-0.15, -0.1) is 0 Å². The predicted molar refractivity (Wildman–Crippen MR) is 121 cm³/mol. The number of carbonyl (C=O) groups excluding carboxylic acids is 2. The van der Waals surface area contributed by atoms with Crippen molar-refractivity contribution in [2.45, 2.75) is 39.7 Å². The van der Waals surface area contributed by atoms with Crippen LogP contribution < -0.4 is 10.6 Å². The first-order chi connectivity index (χ1) is 15.1. The van der Waals surface area contributed by atoms with Crippen molar-refractivity contribution < 1.29 is 24.2 Å². The maximum absolute atomic E-state index is 12.7. The van der Waals surface area contributed by atoms with Gasteiger partial charge in [-0.2, -0.15) is 0 Å². The molecular weight excluding hydrogens is 408 g/mol. The molecular formula is C25H30N2O5. The summed E-state index contributed by atoms with van der Waals surface area (Å²) in [7, 11) is 0. The van der Waals surface area contributed by atoms with Crippen molar-refractivity contribution in [1.82, 2.24) is 10.6 Å². The fraction of sp³-hybridized carbons (Fsp3) is 0.400. The molecule has 0 bridgehead atoms. The highest BCUT2D eigenvalue weighted by Gasteiger charge is 2.34. The van der Waals surface area contributed by atoms with Crippen LogP contribution >= 0.6 is 0 Å². The molecule has 0 radical (unpaired) electrons. The molecule has 2 amide bonds. The Morgan fingerprint density at radius 2 is 1.53 bits per heavy atom. The molecule has 1 aliphatic carbocycles. The van der Waals surface area contributed by atoms with Crippen LogP contribution in [0.2, 0.25) is 0 Å². The highest BCUT2D eigenvalue weighted by atomic mass is 16.5. The number of aliphatic carboxylic acids is 1. The summed E-state index contributed by atoms with van der Waals surface area (Å²) in [6.07, 6.45) is -0.687. The second-order valence-electron chi connectivity index (χ2n) is 9.25. The number of hydrogen-bond acceptors (Lipinski definition) is 4. The predicted octanol–water partition coefficient (Wildman–Crippen LogP) is 3.78. The quantitative estimate of drug-likeness (QED) is 0.610. The van der Waals surface area contributed by atoms with Gasteiger partial charge in [-0.3, -0.25) is 9.59 Å². The average molecular weight is 439 g/mol. The van der Waals surface area contributed by atoms with Crippen molar-refractivity contribution in [3.63, 3.8) is 0 Å². The Kier molecular flexibility index (Phi) is 6.87. The molecule has 0 aliphatic heterocycles. The minimum absolute atomic E-state index is 0.0207. The van der Waals surface area contributed by atoms with Crippen LogP contribution in [0.5, 0.6) is 0 Å². The number of fused-ring (bicyclic) bond motifs is 3. The number of carbonyl (C=O) groups is 3. The summed E-state index contributed by atoms with van der Waals surface area (Å²) < 4.78 is 5.56. The van der Waals surface area contributed by atoms with Crippen LogP contribution in [0.25, 0.3) is 11.1 Å². The Bertz CT molecular complexity index is 966. The lowest BCUT2D eigenvalue weighted by Gasteiger charge is -2.30. The highest BCUT2D eigenvalue weighted by Crippen LogP contribution is 2.44. The van der Waals surface area contributed by atoms with E-state index >= 15 is 0 Å². The highest BCUT2D eigenvalue weighted by molar-refractivity contribution is 5.87. The third-order valence-electron chi connectivity index (χ3n) is 5.74. The fourth-order valence-corrected chi connectivity index (χ4v) is 3.88. The zero-order valence-corrected chi connectivity index (χ0v) is 18.8. The van der Waals surface area contributed by atoms with Crippen LogP contribution in [0.4, 0.5) is 4.79 Å². The fourth-order valence-electron chi connectivity index (χ4n) is 3.88. The van der Waals surface area contributed by atoms with E-state index in [1.165, 1.54) is 6.92 Å². The third kappa shape index (κ3) is 5.10. The van der Waals surface area contributed by atoms with Crippen LogP contribution in [-0.4, -0.2) is 42.3 Å². The molecule has 2 aromatic rings. The van der Waals surface area contributed by atoms with Gasteiger partial charge in [0.05, 0.1) is 5.92 Å². The van der Waals surface area contributed by atoms with Gasteiger partial charge in [0.15, 0.2) is 0 Å². The lowest BCUT2D eigenvalue weighted by molar-refractivity contribution is -0.141. The molecule has 7 heteroatoms. The van der Waals surface area contributed by atoms with Gasteiger partial charge in [0.25, 0.3) is 0 Å². The minimum atomic E-state index is -0.998. The van der Waals surface area contributed by atoms with Crippen LogP contribution in [0.3, 0.4) is 0 Å². The van der Waals surface area contributed by atoms with Crippen LogP contribution in [0.15, 0.2) is 48.5 Å². The SMILES string of the molecule is CC(CNC(=O)C(NC(=O)OCC1c2ccccc2-c2ccccc21)C(C)(C)C)C(=O)O. The monoisotopic (exact) mass is 438 g/mol. The van der Waals surface area contributed by atoms with Gasteiger partial charge in [-0.25, -0.2) is 4.79 Å². The molecule has 1 aliphatic rings. The van der Waals surface area contributed by atoms with Gasteiger partial charge in [0, 0.05) is 12.5 Å². The van der Waals surface area contributed by atoms with E-state index in [1.807, 2.05) is 57.2 Å². The lowest BCUT2D eigenvalue weighted by Crippen LogP contribution is -2.54. The maximum Gasteiger partial charge on any atom is 0.407 e. The third-order valence-corrected chi connectivity index (χ3v) is 5.74. The molecule has 0 fully saturated rings. The second kappa shape index (κ2) is 9.42. The van der Waals surface area contributed by atoms with Crippen LogP contribution in [-0.2, 0) is 14.3 Å². The van der Waals surface area contributed by atoms with E-state index in [9.17, 15) is 14.4 Å². The number of ether oxygens (including phenoxy) is 1. The first-order valence-electron chi connectivity index (χ1n) is 10.7. The van der Waals surface area contributed by atoms with E-state index in [0.29, 0.717) is 0 Å². The zero-order chi connectivity index (χ0) is 23.5. The molecule has 170 valence electrons. The number of alkyl carbamates (subject to hydrolysis) is 1. The van der Waals surface area contributed by atoms with Crippen molar-refractivity contribution >= 4 is 18.0 Å². The Balaban J connectivity index is 1.66. The molecule has 2 atom stereocenters. The number of carboxylic acids is 1. The van der Waals surface area contributed by atoms with Crippen molar-refractivity contribution in [3.05, 3.63) is 59.7 Å². The molecule has 0 saturated heterocycles. The molecule has 7 nitrogen and oxygen atoms in total. The number of amides is 2. The van der Waals surface area contributed by atoms with Crippen molar-refractivity contribution in [3.8, 4) is 11.1 Å². The van der Waals surface area contributed by atoms with Crippen LogP contribution in [0.1, 0.15) is 44.7 Å². The molecule has 0 spiro atoms. The van der Waals surface area contributed by atoms with E-state index in [1.54, 1.807) is 0 Å². The number of nitrogens with one attached hydrogen (secondary N) is 2. The normalized spacial score (nSPS) is 14.6. The van der Waals surface area contributed by atoms with Gasteiger partial charge >= 0.3 is 12.1 Å². The van der Waals surface area contributed by atoms with Gasteiger partial charge in [-0.05, 0) is 27.7 Å². The molecule has 2 unspecified atom stereocenters. The maximum atomic E-state index is 12.7. The Morgan fingerprint density at radius 3 is 2.03 bits per heavy atom. The lowest BCUT2D eigenvalue weighted by atomic mass is 9.86. The molecule has 2 aromatic carbocycles. The minimum Gasteiger partial charge on any atom is -0.481 e. The van der Waals surface area contributed by atoms with Crippen molar-refractivity contribution in [2.24, 2.45) is 11.3 Å². The summed E-state index contributed by atoms with van der Waals surface area (Å²) in [5, 5.41) is 14.3. The van der Waals surface area contributed by atoms with Crippen molar-refractivity contribution in [1.29, 1.82) is 0 Å². The van der Waals surface area contributed by atoms with E-state index in [2.05, 4.69) is 22.8 Å². The van der Waals surface area contributed by atoms with E-state index < -0.39 is 35.3 Å². The summed E-state index contributed by atoms with van der Waals surface area (Å²) in [6.45, 7) is 7.10. The zero-order valence-electron chi connectivity index (χ0n) is 18.8. The summed E-state index contributed by atoms with van der Waals surface area (Å²) in [4.78, 5) is 36.3. The topological polar surface area (TPSA) is 105 Å². The summed E-state index contributed by atoms with van der Waals surface area (Å²) >= 11 is 0. The Morgan fingerprint density at radius 1 is 1.00 bits per heavy atom. The van der Waals surface area contributed by atoms with E-state index in [4.69, 9.17) is 9.84 Å². The molecule has 3 rings (SSSR count). The molecule has 0 aromatic heterocycles. The number of rotatable bonds is 7. The number of hydrogen-bond donors (Lipinski definition) is 3. The largest absolute Gasteiger partial charge is 0.481 e. The molecule has 0 heterocycles. The first kappa shape index (κ1) is 23.3. The Hall–Kier alpha value is -3.35. The Labute approximate surface area is 188 Å². The van der Waals surface area contributed by atoms with Gasteiger partial charge in [0.2, 0.25) is 5.91 Å². The molecule has 3 N–H and O–H groups in total. The molecule has 0 saturated carbocycles. The molecule has 32 heavy (non-hydrogen) atoms. The van der Waals surface area contributed by atoms with Gasteiger partial charge < -0.3 is 20.5 Å². The van der Waals surface area contributed by atoms with E-state index in [0.717, 1.165) is 22.3 Å². The smallest absolute Gasteiger partial charge is 0.407 e. The van der Waals surface area contributed by atoms with Crippen LogP contribution in [0, 0.1) is 11.3 Å². The number of benzene rings is 2. The standard InChI is InChI=1S/C25H30N2O5/c1-15(23(29)30)13-26-22(28)21(25(2,3)4)27-24(31)32-14-20-18-11-7-5-9-16(18)17-10-6-8-12-19(17)20/h5-12,15,20-21H,13-14H2,1-4H3,(H,26,28)(H,27,31)(H,29,30). The summed E-state index contributed by atoms with van der Waals surface area (Å²) in [5.41, 5.74) is 3.89. The first-order valence-corrected chi connectivity index (χ1v) is 10.7. The summed E-state index contributed by atoms with van der Waals surface area (Å²) in [6, 6.07) is 15.2. The van der Waals surface area contributed by atoms with Gasteiger partial charge in [0.1, 0.15) is 12.6 Å². The number of carboxylic acid groups (broad SMARTS) is 1.